The van der Waals surface area contributed by atoms with Crippen molar-refractivity contribution in [2.75, 3.05) is 6.54 Å². The summed E-state index contributed by atoms with van der Waals surface area (Å²) in [6.45, 7) is 2.17. The molecule has 0 aromatic heterocycles. The topological polar surface area (TPSA) is 55.5 Å². The molecule has 1 aliphatic rings. The molecule has 0 spiro atoms. The van der Waals surface area contributed by atoms with Gasteiger partial charge in [0.05, 0.1) is 5.02 Å². The van der Waals surface area contributed by atoms with Crippen LogP contribution < -0.4 is 0 Å². The summed E-state index contributed by atoms with van der Waals surface area (Å²) in [6, 6.07) is 2.61. The normalized spacial score (nSPS) is 16.2. The third kappa shape index (κ3) is 3.56. The molecule has 0 fully saturated rings. The van der Waals surface area contributed by atoms with E-state index >= 15 is 0 Å². The van der Waals surface area contributed by atoms with Gasteiger partial charge in [-0.25, -0.2) is 4.39 Å². The third-order valence-electron chi connectivity index (χ3n) is 2.90. The Morgan fingerprint density at radius 1 is 1.48 bits per heavy atom. The molecular weight excluding hydrogens is 338 g/mol. The number of nitrogens with zero attached hydrogens (tertiary/aromatic N) is 2. The molecule has 1 aromatic carbocycles. The summed E-state index contributed by atoms with van der Waals surface area (Å²) in [7, 11) is 0. The van der Waals surface area contributed by atoms with Crippen LogP contribution in [0.25, 0.3) is 0 Å². The van der Waals surface area contributed by atoms with Gasteiger partial charge in [-0.1, -0.05) is 34.3 Å². The van der Waals surface area contributed by atoms with Crippen LogP contribution in [0.2, 0.25) is 10.0 Å². The molecule has 0 N–H and O–H groups in total. The van der Waals surface area contributed by atoms with E-state index in [9.17, 15) is 14.5 Å². The molecule has 112 valence electrons. The van der Waals surface area contributed by atoms with Gasteiger partial charge in [0.2, 0.25) is 0 Å². The van der Waals surface area contributed by atoms with Gasteiger partial charge in [-0.15, -0.1) is 11.8 Å². The summed E-state index contributed by atoms with van der Waals surface area (Å²) in [5, 5.41) is 10.9. The number of amidine groups is 1. The minimum Gasteiger partial charge on any atom is -0.358 e. The number of rotatable bonds is 3. The van der Waals surface area contributed by atoms with Gasteiger partial charge < -0.3 is 10.1 Å². The van der Waals surface area contributed by atoms with Gasteiger partial charge >= 0.3 is 5.84 Å². The van der Waals surface area contributed by atoms with E-state index in [1.54, 1.807) is 13.0 Å². The lowest BCUT2D eigenvalue weighted by atomic mass is 10.1. The second-order valence-electron chi connectivity index (χ2n) is 4.34. The van der Waals surface area contributed by atoms with Gasteiger partial charge in [0.15, 0.2) is 0 Å². The summed E-state index contributed by atoms with van der Waals surface area (Å²) in [6.07, 6.45) is 2.39. The average molecular weight is 349 g/mol. The Balaban J connectivity index is 2.28. The molecule has 1 unspecified atom stereocenters. The van der Waals surface area contributed by atoms with Crippen LogP contribution in [0.15, 0.2) is 28.1 Å². The van der Waals surface area contributed by atoms with Gasteiger partial charge in [0.1, 0.15) is 17.3 Å². The number of aliphatic imine (C=N–C) groups is 1. The van der Waals surface area contributed by atoms with E-state index < -0.39 is 10.7 Å². The predicted octanol–water partition coefficient (Wildman–Crippen LogP) is 4.89. The number of thioether (sulfide) groups is 1. The summed E-state index contributed by atoms with van der Waals surface area (Å²) in [5.41, 5.74) is 0.428. The van der Waals surface area contributed by atoms with Gasteiger partial charge in [0, 0.05) is 22.3 Å². The quantitative estimate of drug-likeness (QED) is 0.444. The zero-order chi connectivity index (χ0) is 15.6. The Hall–Kier alpha value is -1.11. The number of benzene rings is 1. The van der Waals surface area contributed by atoms with Crippen molar-refractivity contribution in [3.05, 3.63) is 54.7 Å². The Morgan fingerprint density at radius 3 is 2.86 bits per heavy atom. The maximum absolute atomic E-state index is 13.6. The van der Waals surface area contributed by atoms with E-state index in [0.29, 0.717) is 28.5 Å². The van der Waals surface area contributed by atoms with Crippen molar-refractivity contribution in [3.63, 3.8) is 0 Å². The molecule has 1 aromatic rings. The van der Waals surface area contributed by atoms with Crippen LogP contribution in [-0.2, 0) is 0 Å². The van der Waals surface area contributed by atoms with Crippen molar-refractivity contribution in [2.45, 2.75) is 18.6 Å². The van der Waals surface area contributed by atoms with Crippen molar-refractivity contribution < 1.29 is 9.31 Å². The largest absolute Gasteiger partial charge is 0.371 e. The SMILES string of the molecule is CC(SC1=CCCN=C1[N+](=O)[O-])c1c(Cl)ccc(F)c1Cl. The van der Waals surface area contributed by atoms with E-state index in [2.05, 4.69) is 4.99 Å². The molecule has 0 saturated heterocycles. The molecule has 8 heteroatoms. The zero-order valence-electron chi connectivity index (χ0n) is 11.0. The second-order valence-corrected chi connectivity index (χ2v) is 6.50. The van der Waals surface area contributed by atoms with Crippen LogP contribution in [-0.4, -0.2) is 17.3 Å². The lowest BCUT2D eigenvalue weighted by molar-refractivity contribution is -0.348. The van der Waals surface area contributed by atoms with Crippen molar-refractivity contribution in [1.82, 2.24) is 0 Å². The standard InChI is InChI=1S/C13H11Cl2FN2O2S/c1-7(11-8(14)4-5-9(16)12(11)15)21-10-3-2-6-17-13(10)18(19)20/h3-5,7H,2,6H2,1H3. The molecule has 1 atom stereocenters. The van der Waals surface area contributed by atoms with Crippen molar-refractivity contribution in [3.8, 4) is 0 Å². The molecule has 0 bridgehead atoms. The first-order chi connectivity index (χ1) is 9.91. The Morgan fingerprint density at radius 2 is 2.19 bits per heavy atom. The molecule has 2 rings (SSSR count). The monoisotopic (exact) mass is 348 g/mol. The maximum Gasteiger partial charge on any atom is 0.371 e. The minimum absolute atomic E-state index is 0.0569. The van der Waals surface area contributed by atoms with E-state index in [4.69, 9.17) is 23.2 Å². The molecule has 1 heterocycles. The highest BCUT2D eigenvalue weighted by molar-refractivity contribution is 8.04. The van der Waals surface area contributed by atoms with Gasteiger partial charge in [-0.05, 0) is 24.0 Å². The highest BCUT2D eigenvalue weighted by Crippen LogP contribution is 2.42. The fourth-order valence-electron chi connectivity index (χ4n) is 1.95. The highest BCUT2D eigenvalue weighted by atomic mass is 35.5. The van der Waals surface area contributed by atoms with E-state index in [1.165, 1.54) is 23.9 Å². The van der Waals surface area contributed by atoms with Crippen molar-refractivity contribution in [1.29, 1.82) is 0 Å². The molecule has 21 heavy (non-hydrogen) atoms. The molecule has 1 aliphatic heterocycles. The fraction of sp³-hybridized carbons (Fsp3) is 0.308. The van der Waals surface area contributed by atoms with Crippen LogP contribution >= 0.6 is 35.0 Å². The van der Waals surface area contributed by atoms with E-state index in [-0.39, 0.29) is 16.1 Å². The molecule has 0 aliphatic carbocycles. The van der Waals surface area contributed by atoms with E-state index in [1.807, 2.05) is 0 Å². The average Bonchev–Trinajstić information content (AvgIpc) is 2.43. The molecule has 4 nitrogen and oxygen atoms in total. The predicted molar refractivity (Wildman–Crippen MR) is 84.4 cm³/mol. The summed E-state index contributed by atoms with van der Waals surface area (Å²) in [5.74, 6) is -0.731. The fourth-order valence-corrected chi connectivity index (χ4v) is 3.98. The first-order valence-corrected chi connectivity index (χ1v) is 7.74. The first kappa shape index (κ1) is 16.3. The third-order valence-corrected chi connectivity index (χ3v) is 4.81. The molecule has 0 saturated carbocycles. The number of hydrogen-bond donors (Lipinski definition) is 0. The molecule has 0 radical (unpaired) electrons. The second kappa shape index (κ2) is 6.77. The van der Waals surface area contributed by atoms with Crippen LogP contribution in [0.5, 0.6) is 0 Å². The number of nitro groups is 1. The van der Waals surface area contributed by atoms with Crippen molar-refractivity contribution >= 4 is 40.8 Å². The van der Waals surface area contributed by atoms with Crippen LogP contribution in [0.4, 0.5) is 4.39 Å². The van der Waals surface area contributed by atoms with Crippen LogP contribution in [0, 0.1) is 15.9 Å². The summed E-state index contributed by atoms with van der Waals surface area (Å²) < 4.78 is 13.6. The lowest BCUT2D eigenvalue weighted by Crippen LogP contribution is -2.17. The van der Waals surface area contributed by atoms with E-state index in [0.717, 1.165) is 0 Å². The smallest absolute Gasteiger partial charge is 0.358 e. The van der Waals surface area contributed by atoms with Crippen LogP contribution in [0.3, 0.4) is 0 Å². The van der Waals surface area contributed by atoms with Crippen molar-refractivity contribution in [2.24, 2.45) is 4.99 Å². The van der Waals surface area contributed by atoms with Crippen LogP contribution in [0.1, 0.15) is 24.2 Å². The Labute approximate surface area is 135 Å². The Kier molecular flexibility index (Phi) is 5.24. The minimum atomic E-state index is -0.565. The maximum atomic E-state index is 13.6. The lowest BCUT2D eigenvalue weighted by Gasteiger charge is -2.17. The number of halogens is 3. The number of hydrogen-bond acceptors (Lipinski definition) is 4. The van der Waals surface area contributed by atoms with Gasteiger partial charge in [-0.2, -0.15) is 0 Å². The van der Waals surface area contributed by atoms with Gasteiger partial charge in [-0.3, -0.25) is 0 Å². The number of dihydropyridines is 1. The summed E-state index contributed by atoms with van der Waals surface area (Å²) >= 11 is 13.2. The zero-order valence-corrected chi connectivity index (χ0v) is 13.3. The van der Waals surface area contributed by atoms with Gasteiger partial charge in [0.25, 0.3) is 0 Å². The molecule has 0 amide bonds. The first-order valence-electron chi connectivity index (χ1n) is 6.11. The summed E-state index contributed by atoms with van der Waals surface area (Å²) in [4.78, 5) is 14.8. The Bertz CT molecular complexity index is 649. The molecular formula is C13H11Cl2FN2O2S. The highest BCUT2D eigenvalue weighted by Gasteiger charge is 2.27.